The average Bonchev–Trinajstić information content (AvgIpc) is 2.90. The maximum absolute atomic E-state index is 11.8. The average molecular weight is 376 g/mol. The summed E-state index contributed by atoms with van der Waals surface area (Å²) in [7, 11) is 1.38. The fraction of sp³-hybridized carbons (Fsp3) is 0.312. The van der Waals surface area contributed by atoms with Gasteiger partial charge in [0.25, 0.3) is 0 Å². The van der Waals surface area contributed by atoms with Gasteiger partial charge >= 0.3 is 5.97 Å². The van der Waals surface area contributed by atoms with E-state index in [1.54, 1.807) is 18.5 Å². The van der Waals surface area contributed by atoms with Crippen LogP contribution in [-0.4, -0.2) is 42.8 Å². The summed E-state index contributed by atoms with van der Waals surface area (Å²) in [6.45, 7) is 2.09. The van der Waals surface area contributed by atoms with Gasteiger partial charge in [-0.15, -0.1) is 0 Å². The number of carbonyl (C=O) groups is 1. The van der Waals surface area contributed by atoms with Crippen molar-refractivity contribution in [1.82, 2.24) is 9.97 Å². The van der Waals surface area contributed by atoms with Crippen LogP contribution in [0.25, 0.3) is 0 Å². The molecule has 0 unspecified atom stereocenters. The molecular weight excluding hydrogens is 362 g/mol. The van der Waals surface area contributed by atoms with E-state index in [4.69, 9.17) is 9.47 Å². The quantitative estimate of drug-likeness (QED) is 0.751. The molecule has 0 aliphatic carbocycles. The molecule has 118 valence electrons. The van der Waals surface area contributed by atoms with Gasteiger partial charge < -0.3 is 14.4 Å². The lowest BCUT2D eigenvalue weighted by Gasteiger charge is -2.38. The molecule has 2 aromatic rings. The Bertz CT molecular complexity index is 775. The Morgan fingerprint density at radius 3 is 2.70 bits per heavy atom. The lowest BCUT2D eigenvalue weighted by atomic mass is 9.80. The van der Waals surface area contributed by atoms with E-state index in [1.807, 2.05) is 17.0 Å². The first-order valence-corrected chi connectivity index (χ1v) is 7.98. The first-order chi connectivity index (χ1) is 11.1. The molecule has 0 atom stereocenters. The number of methoxy groups -OCH3 is 1. The van der Waals surface area contributed by atoms with E-state index in [1.165, 1.54) is 12.7 Å². The summed E-state index contributed by atoms with van der Waals surface area (Å²) in [5, 5.41) is 0. The van der Waals surface area contributed by atoms with Gasteiger partial charge in [0.2, 0.25) is 5.95 Å². The van der Waals surface area contributed by atoms with Crippen molar-refractivity contribution in [2.75, 3.05) is 31.8 Å². The molecule has 1 aromatic carbocycles. The number of aromatic nitrogens is 2. The number of fused-ring (bicyclic) bond motifs is 2. The number of nitrogens with zero attached hydrogens (tertiary/aromatic N) is 3. The van der Waals surface area contributed by atoms with Crippen LogP contribution in [0.15, 0.2) is 35.1 Å². The van der Waals surface area contributed by atoms with E-state index in [0.29, 0.717) is 24.7 Å². The molecule has 0 amide bonds. The third kappa shape index (κ3) is 2.22. The van der Waals surface area contributed by atoms with Crippen molar-refractivity contribution >= 4 is 33.5 Å². The molecule has 3 heterocycles. The Morgan fingerprint density at radius 1 is 1.35 bits per heavy atom. The third-order valence-electron chi connectivity index (χ3n) is 4.35. The number of benzene rings is 1. The Hall–Kier alpha value is -1.99. The highest BCUT2D eigenvalue weighted by molar-refractivity contribution is 9.10. The summed E-state index contributed by atoms with van der Waals surface area (Å²) in [6.07, 6.45) is 3.43. The molecule has 0 saturated carbocycles. The zero-order valence-corrected chi connectivity index (χ0v) is 14.0. The number of anilines is 2. The lowest BCUT2D eigenvalue weighted by molar-refractivity contribution is -0.0507. The largest absolute Gasteiger partial charge is 0.465 e. The van der Waals surface area contributed by atoms with Gasteiger partial charge in [0.05, 0.1) is 35.8 Å². The first-order valence-electron chi connectivity index (χ1n) is 7.19. The van der Waals surface area contributed by atoms with E-state index >= 15 is 0 Å². The maximum atomic E-state index is 11.8. The molecule has 2 aliphatic rings. The van der Waals surface area contributed by atoms with E-state index in [-0.39, 0.29) is 11.4 Å². The Labute approximate surface area is 141 Å². The summed E-state index contributed by atoms with van der Waals surface area (Å²) in [6, 6.07) is 5.64. The van der Waals surface area contributed by atoms with Crippen molar-refractivity contribution in [2.45, 2.75) is 5.41 Å². The minimum atomic E-state index is -0.352. The van der Waals surface area contributed by atoms with Crippen molar-refractivity contribution in [1.29, 1.82) is 0 Å². The van der Waals surface area contributed by atoms with E-state index in [0.717, 1.165) is 16.7 Å². The van der Waals surface area contributed by atoms with Crippen LogP contribution in [0.4, 0.5) is 11.6 Å². The van der Waals surface area contributed by atoms with E-state index in [9.17, 15) is 4.79 Å². The van der Waals surface area contributed by atoms with Crippen LogP contribution in [0, 0.1) is 0 Å². The summed E-state index contributed by atoms with van der Waals surface area (Å²) >= 11 is 3.35. The molecule has 23 heavy (non-hydrogen) atoms. The van der Waals surface area contributed by atoms with Crippen molar-refractivity contribution in [2.24, 2.45) is 0 Å². The number of carbonyl (C=O) groups excluding carboxylic acids is 1. The summed E-state index contributed by atoms with van der Waals surface area (Å²) in [5.41, 5.74) is 2.59. The van der Waals surface area contributed by atoms with Gasteiger partial charge in [0.15, 0.2) is 0 Å². The fourth-order valence-electron chi connectivity index (χ4n) is 3.14. The number of esters is 1. The van der Waals surface area contributed by atoms with Crippen LogP contribution in [0.3, 0.4) is 0 Å². The molecule has 1 saturated heterocycles. The fourth-order valence-corrected chi connectivity index (χ4v) is 3.34. The van der Waals surface area contributed by atoms with Crippen molar-refractivity contribution in [3.8, 4) is 0 Å². The Kier molecular flexibility index (Phi) is 3.35. The molecule has 0 bridgehead atoms. The highest BCUT2D eigenvalue weighted by Gasteiger charge is 2.49. The van der Waals surface area contributed by atoms with Crippen LogP contribution in [0.1, 0.15) is 15.9 Å². The van der Waals surface area contributed by atoms with Gasteiger partial charge in [-0.25, -0.2) is 14.8 Å². The predicted octanol–water partition coefficient (Wildman–Crippen LogP) is 2.45. The zero-order valence-electron chi connectivity index (χ0n) is 12.5. The van der Waals surface area contributed by atoms with Crippen LogP contribution >= 0.6 is 15.9 Å². The number of ether oxygens (including phenoxy) is 2. The minimum absolute atomic E-state index is 0.0413. The number of rotatable bonds is 2. The molecule has 0 radical (unpaired) electrons. The SMILES string of the molecule is COC(=O)c1ccc2c(c1)N(c1ncc(Br)cn1)CC21COC1. The Balaban J connectivity index is 1.81. The normalized spacial score (nSPS) is 17.7. The van der Waals surface area contributed by atoms with Crippen LogP contribution in [0.2, 0.25) is 0 Å². The second kappa shape index (κ2) is 5.28. The van der Waals surface area contributed by atoms with Crippen molar-refractivity contribution in [3.63, 3.8) is 0 Å². The summed E-state index contributed by atoms with van der Waals surface area (Å²) < 4.78 is 11.1. The first kappa shape index (κ1) is 14.6. The highest BCUT2D eigenvalue weighted by atomic mass is 79.9. The standard InChI is InChI=1S/C16H14BrN3O3/c1-22-14(21)10-2-3-12-13(4-10)20(7-16(12)8-23-9-16)15-18-5-11(17)6-19-15/h2-6H,7-9H2,1H3. The van der Waals surface area contributed by atoms with Gasteiger partial charge in [-0.3, -0.25) is 0 Å². The molecular formula is C16H14BrN3O3. The van der Waals surface area contributed by atoms with E-state index in [2.05, 4.69) is 25.9 Å². The summed E-state index contributed by atoms with van der Waals surface area (Å²) in [4.78, 5) is 22.7. The zero-order chi connectivity index (χ0) is 16.0. The Morgan fingerprint density at radius 2 is 2.09 bits per heavy atom. The maximum Gasteiger partial charge on any atom is 0.337 e. The predicted molar refractivity (Wildman–Crippen MR) is 87.0 cm³/mol. The second-order valence-corrected chi connectivity index (χ2v) is 6.70. The lowest BCUT2D eigenvalue weighted by Crippen LogP contribution is -2.49. The molecule has 0 N–H and O–H groups in total. The van der Waals surface area contributed by atoms with Gasteiger partial charge in [0.1, 0.15) is 0 Å². The number of hydrogen-bond acceptors (Lipinski definition) is 6. The van der Waals surface area contributed by atoms with Gasteiger partial charge in [-0.1, -0.05) is 6.07 Å². The second-order valence-electron chi connectivity index (χ2n) is 5.78. The van der Waals surface area contributed by atoms with Crippen LogP contribution in [0.5, 0.6) is 0 Å². The van der Waals surface area contributed by atoms with Gasteiger partial charge in [-0.2, -0.15) is 0 Å². The minimum Gasteiger partial charge on any atom is -0.465 e. The number of halogens is 1. The molecule has 7 heteroatoms. The van der Waals surface area contributed by atoms with Crippen molar-refractivity contribution < 1.29 is 14.3 Å². The molecule has 1 spiro atoms. The highest BCUT2D eigenvalue weighted by Crippen LogP contribution is 2.47. The molecule has 6 nitrogen and oxygen atoms in total. The summed E-state index contributed by atoms with van der Waals surface area (Å²) in [5.74, 6) is 0.260. The van der Waals surface area contributed by atoms with Crippen LogP contribution in [-0.2, 0) is 14.9 Å². The molecule has 1 fully saturated rings. The molecule has 1 aromatic heterocycles. The third-order valence-corrected chi connectivity index (χ3v) is 4.76. The van der Waals surface area contributed by atoms with Crippen molar-refractivity contribution in [3.05, 3.63) is 46.2 Å². The number of hydrogen-bond donors (Lipinski definition) is 0. The molecule has 4 rings (SSSR count). The monoisotopic (exact) mass is 375 g/mol. The van der Waals surface area contributed by atoms with Crippen LogP contribution < -0.4 is 4.90 Å². The topological polar surface area (TPSA) is 64.5 Å². The molecule has 2 aliphatic heterocycles. The van der Waals surface area contributed by atoms with E-state index < -0.39 is 0 Å². The van der Waals surface area contributed by atoms with Gasteiger partial charge in [0, 0.05) is 24.6 Å². The van der Waals surface area contributed by atoms with Gasteiger partial charge in [-0.05, 0) is 33.6 Å². The smallest absolute Gasteiger partial charge is 0.337 e.